The lowest BCUT2D eigenvalue weighted by Gasteiger charge is -2.16. The number of carbonyl (C=O) groups is 3. The van der Waals surface area contributed by atoms with Crippen LogP contribution < -0.4 is 5.32 Å². The van der Waals surface area contributed by atoms with Gasteiger partial charge in [-0.1, -0.05) is 5.57 Å². The molecule has 0 aliphatic carbocycles. The zero-order chi connectivity index (χ0) is 14.1. The minimum atomic E-state index is -0.766. The second kappa shape index (κ2) is 8.27. The molecule has 0 saturated heterocycles. The Bertz CT molecular complexity index is 337. The second-order valence-electron chi connectivity index (χ2n) is 3.88. The van der Waals surface area contributed by atoms with Crippen LogP contribution in [0.15, 0.2) is 12.2 Å². The van der Waals surface area contributed by atoms with Crippen molar-refractivity contribution in [1.82, 2.24) is 5.32 Å². The van der Waals surface area contributed by atoms with Gasteiger partial charge in [0, 0.05) is 6.42 Å². The summed E-state index contributed by atoms with van der Waals surface area (Å²) >= 11 is 0. The van der Waals surface area contributed by atoms with E-state index in [9.17, 15) is 14.4 Å². The Hall–Kier alpha value is -1.85. The first kappa shape index (κ1) is 16.1. The molecule has 6 nitrogen and oxygen atoms in total. The third kappa shape index (κ3) is 6.67. The van der Waals surface area contributed by atoms with Crippen molar-refractivity contribution in [2.24, 2.45) is 0 Å². The molecule has 0 aromatic rings. The normalized spacial score (nSPS) is 11.3. The number of hydrogen-bond donors (Lipinski definition) is 1. The standard InChI is InChI=1S/C12H19NO5/c1-8(2)7-9(12(16)18-4)13-10(14)5-6-11(15)17-3/h9H,1,5-7H2,2-4H3,(H,13,14)/t9-/m1/s1. The van der Waals surface area contributed by atoms with Crippen LogP contribution in [0.25, 0.3) is 0 Å². The first-order chi connectivity index (χ1) is 8.40. The van der Waals surface area contributed by atoms with Crippen molar-refractivity contribution in [3.8, 4) is 0 Å². The zero-order valence-corrected chi connectivity index (χ0v) is 10.9. The molecule has 1 amide bonds. The Morgan fingerprint density at radius 2 is 1.78 bits per heavy atom. The van der Waals surface area contributed by atoms with Crippen LogP contribution in [-0.2, 0) is 23.9 Å². The van der Waals surface area contributed by atoms with Gasteiger partial charge in [0.25, 0.3) is 0 Å². The maximum absolute atomic E-state index is 11.5. The first-order valence-electron chi connectivity index (χ1n) is 5.49. The van der Waals surface area contributed by atoms with E-state index in [-0.39, 0.29) is 12.8 Å². The van der Waals surface area contributed by atoms with E-state index < -0.39 is 23.9 Å². The van der Waals surface area contributed by atoms with Crippen LogP contribution in [0.2, 0.25) is 0 Å². The van der Waals surface area contributed by atoms with Gasteiger partial charge in [-0.3, -0.25) is 9.59 Å². The number of esters is 2. The molecule has 102 valence electrons. The van der Waals surface area contributed by atoms with E-state index >= 15 is 0 Å². The number of rotatable bonds is 7. The average molecular weight is 257 g/mol. The van der Waals surface area contributed by atoms with Crippen LogP contribution in [0, 0.1) is 0 Å². The van der Waals surface area contributed by atoms with E-state index in [1.807, 2.05) is 0 Å². The minimum absolute atomic E-state index is 0.0245. The summed E-state index contributed by atoms with van der Waals surface area (Å²) in [6.07, 6.45) is 0.246. The minimum Gasteiger partial charge on any atom is -0.469 e. The van der Waals surface area contributed by atoms with Crippen molar-refractivity contribution < 1.29 is 23.9 Å². The van der Waals surface area contributed by atoms with Gasteiger partial charge in [-0.15, -0.1) is 6.58 Å². The van der Waals surface area contributed by atoms with Gasteiger partial charge in [0.2, 0.25) is 5.91 Å². The fraction of sp³-hybridized carbons (Fsp3) is 0.583. The molecule has 0 fully saturated rings. The van der Waals surface area contributed by atoms with Gasteiger partial charge in [-0.2, -0.15) is 0 Å². The molecule has 0 heterocycles. The molecule has 0 aliphatic rings. The number of ether oxygens (including phenoxy) is 2. The molecule has 0 spiro atoms. The average Bonchev–Trinajstić information content (AvgIpc) is 2.33. The number of nitrogens with one attached hydrogen (secondary N) is 1. The largest absolute Gasteiger partial charge is 0.469 e. The molecule has 0 radical (unpaired) electrons. The maximum atomic E-state index is 11.5. The van der Waals surface area contributed by atoms with E-state index in [4.69, 9.17) is 0 Å². The summed E-state index contributed by atoms with van der Waals surface area (Å²) in [5.41, 5.74) is 0.749. The molecule has 1 N–H and O–H groups in total. The van der Waals surface area contributed by atoms with Gasteiger partial charge in [0.1, 0.15) is 6.04 Å². The molecule has 0 unspecified atom stereocenters. The summed E-state index contributed by atoms with van der Waals surface area (Å²) in [7, 11) is 2.49. The van der Waals surface area contributed by atoms with E-state index in [0.717, 1.165) is 5.57 Å². The van der Waals surface area contributed by atoms with Crippen molar-refractivity contribution in [1.29, 1.82) is 0 Å². The Morgan fingerprint density at radius 3 is 2.22 bits per heavy atom. The third-order valence-corrected chi connectivity index (χ3v) is 2.16. The monoisotopic (exact) mass is 257 g/mol. The van der Waals surface area contributed by atoms with E-state index in [1.54, 1.807) is 6.92 Å². The van der Waals surface area contributed by atoms with Gasteiger partial charge >= 0.3 is 11.9 Å². The van der Waals surface area contributed by atoms with Crippen molar-refractivity contribution in [3.63, 3.8) is 0 Å². The highest BCUT2D eigenvalue weighted by molar-refractivity contribution is 5.86. The van der Waals surface area contributed by atoms with Gasteiger partial charge in [0.15, 0.2) is 0 Å². The lowest BCUT2D eigenvalue weighted by Crippen LogP contribution is -2.41. The third-order valence-electron chi connectivity index (χ3n) is 2.16. The predicted molar refractivity (Wildman–Crippen MR) is 64.6 cm³/mol. The quantitative estimate of drug-likeness (QED) is 0.532. The first-order valence-corrected chi connectivity index (χ1v) is 5.49. The SMILES string of the molecule is C=C(C)C[C@@H](NC(=O)CCC(=O)OC)C(=O)OC. The fourth-order valence-corrected chi connectivity index (χ4v) is 1.27. The lowest BCUT2D eigenvalue weighted by molar-refractivity contribution is -0.145. The summed E-state index contributed by atoms with van der Waals surface area (Å²) in [5, 5.41) is 2.50. The lowest BCUT2D eigenvalue weighted by atomic mass is 10.1. The van der Waals surface area contributed by atoms with Gasteiger partial charge in [-0.25, -0.2) is 4.79 Å². The van der Waals surface area contributed by atoms with Crippen molar-refractivity contribution >= 4 is 17.8 Å². The van der Waals surface area contributed by atoms with Crippen LogP contribution in [-0.4, -0.2) is 38.1 Å². The molecule has 0 aromatic carbocycles. The Kier molecular flexibility index (Phi) is 7.42. The number of amides is 1. The van der Waals surface area contributed by atoms with Crippen LogP contribution in [0.5, 0.6) is 0 Å². The molecule has 0 bridgehead atoms. The molecule has 0 rings (SSSR count). The Balaban J connectivity index is 4.30. The van der Waals surface area contributed by atoms with E-state index in [0.29, 0.717) is 6.42 Å². The molecule has 6 heteroatoms. The number of methoxy groups -OCH3 is 2. The Labute approximate surface area is 106 Å². The summed E-state index contributed by atoms with van der Waals surface area (Å²) in [6.45, 7) is 5.42. The highest BCUT2D eigenvalue weighted by Gasteiger charge is 2.21. The summed E-state index contributed by atoms with van der Waals surface area (Å²) in [4.78, 5) is 33.8. The summed E-state index contributed by atoms with van der Waals surface area (Å²) in [6, 6.07) is -0.766. The molecular formula is C12H19NO5. The molecule has 0 aromatic heterocycles. The molecule has 0 saturated carbocycles. The van der Waals surface area contributed by atoms with Crippen molar-refractivity contribution in [3.05, 3.63) is 12.2 Å². The fourth-order valence-electron chi connectivity index (χ4n) is 1.27. The van der Waals surface area contributed by atoms with E-state index in [2.05, 4.69) is 21.4 Å². The predicted octanol–water partition coefficient (Wildman–Crippen LogP) is 0.564. The van der Waals surface area contributed by atoms with Crippen molar-refractivity contribution in [2.75, 3.05) is 14.2 Å². The van der Waals surface area contributed by atoms with Crippen LogP contribution in [0.1, 0.15) is 26.2 Å². The topological polar surface area (TPSA) is 81.7 Å². The van der Waals surface area contributed by atoms with Gasteiger partial charge in [0.05, 0.1) is 20.6 Å². The van der Waals surface area contributed by atoms with Gasteiger partial charge < -0.3 is 14.8 Å². The highest BCUT2D eigenvalue weighted by atomic mass is 16.5. The smallest absolute Gasteiger partial charge is 0.328 e. The van der Waals surface area contributed by atoms with Crippen LogP contribution in [0.3, 0.4) is 0 Å². The zero-order valence-electron chi connectivity index (χ0n) is 10.9. The van der Waals surface area contributed by atoms with Crippen molar-refractivity contribution in [2.45, 2.75) is 32.2 Å². The molecule has 0 aliphatic heterocycles. The molecular weight excluding hydrogens is 238 g/mol. The van der Waals surface area contributed by atoms with Crippen LogP contribution >= 0.6 is 0 Å². The summed E-state index contributed by atoms with van der Waals surface area (Å²) in [5.74, 6) is -1.42. The maximum Gasteiger partial charge on any atom is 0.328 e. The molecule has 18 heavy (non-hydrogen) atoms. The molecule has 1 atom stereocenters. The van der Waals surface area contributed by atoms with Crippen LogP contribution in [0.4, 0.5) is 0 Å². The number of hydrogen-bond acceptors (Lipinski definition) is 5. The van der Waals surface area contributed by atoms with E-state index in [1.165, 1.54) is 14.2 Å². The van der Waals surface area contributed by atoms with Gasteiger partial charge in [-0.05, 0) is 13.3 Å². The summed E-state index contributed by atoms with van der Waals surface area (Å²) < 4.78 is 8.99. The Morgan fingerprint density at radius 1 is 1.17 bits per heavy atom. The number of carbonyl (C=O) groups excluding carboxylic acids is 3. The highest BCUT2D eigenvalue weighted by Crippen LogP contribution is 2.04. The second-order valence-corrected chi connectivity index (χ2v) is 3.88.